The van der Waals surface area contributed by atoms with Gasteiger partial charge < -0.3 is 19.7 Å². The molecular formula is C25H27N3O4. The molecule has 1 saturated heterocycles. The highest BCUT2D eigenvalue weighted by atomic mass is 16.5. The fourth-order valence-corrected chi connectivity index (χ4v) is 4.12. The number of amides is 2. The minimum Gasteiger partial charge on any atom is -0.493 e. The summed E-state index contributed by atoms with van der Waals surface area (Å²) < 4.78 is 10.7. The second kappa shape index (κ2) is 9.18. The van der Waals surface area contributed by atoms with Gasteiger partial charge in [-0.25, -0.2) is 0 Å². The summed E-state index contributed by atoms with van der Waals surface area (Å²) in [6.07, 6.45) is 3.95. The van der Waals surface area contributed by atoms with Crippen LogP contribution in [0.1, 0.15) is 18.4 Å². The lowest BCUT2D eigenvalue weighted by Crippen LogP contribution is -2.32. The largest absolute Gasteiger partial charge is 0.493 e. The first kappa shape index (κ1) is 21.5. The Balaban J connectivity index is 1.71. The number of ether oxygens (including phenoxy) is 2. The fraction of sp³-hybridized carbons (Fsp3) is 0.280. The van der Waals surface area contributed by atoms with Crippen molar-refractivity contribution in [3.05, 3.63) is 66.4 Å². The Kier molecular flexibility index (Phi) is 6.16. The molecule has 2 aliphatic heterocycles. The molecule has 2 aliphatic rings. The van der Waals surface area contributed by atoms with Crippen molar-refractivity contribution in [2.45, 2.75) is 12.8 Å². The highest BCUT2D eigenvalue weighted by molar-refractivity contribution is 6.36. The molecule has 0 bridgehead atoms. The highest BCUT2D eigenvalue weighted by Gasteiger charge is 2.38. The summed E-state index contributed by atoms with van der Waals surface area (Å²) in [5.74, 6) is 0.263. The van der Waals surface area contributed by atoms with Gasteiger partial charge >= 0.3 is 0 Å². The predicted molar refractivity (Wildman–Crippen MR) is 125 cm³/mol. The summed E-state index contributed by atoms with van der Waals surface area (Å²) >= 11 is 0. The molecular weight excluding hydrogens is 406 g/mol. The minimum atomic E-state index is -0.386. The Morgan fingerprint density at radius 3 is 2.28 bits per heavy atom. The van der Waals surface area contributed by atoms with Crippen molar-refractivity contribution >= 4 is 28.8 Å². The van der Waals surface area contributed by atoms with Crippen molar-refractivity contribution in [2.75, 3.05) is 44.1 Å². The van der Waals surface area contributed by atoms with Gasteiger partial charge in [0, 0.05) is 31.0 Å². The zero-order valence-electron chi connectivity index (χ0n) is 18.4. The van der Waals surface area contributed by atoms with Crippen LogP contribution in [0.25, 0.3) is 5.57 Å². The second-order valence-corrected chi connectivity index (χ2v) is 7.70. The number of carbonyl (C=O) groups is 2. The highest BCUT2D eigenvalue weighted by Crippen LogP contribution is 2.36. The van der Waals surface area contributed by atoms with E-state index in [4.69, 9.17) is 9.47 Å². The van der Waals surface area contributed by atoms with Gasteiger partial charge in [0.1, 0.15) is 5.70 Å². The number of hydrogen-bond acceptors (Lipinski definition) is 6. The Morgan fingerprint density at radius 1 is 0.969 bits per heavy atom. The summed E-state index contributed by atoms with van der Waals surface area (Å²) in [5.41, 5.74) is 3.00. The number of benzene rings is 2. The first-order valence-electron chi connectivity index (χ1n) is 10.6. The quantitative estimate of drug-likeness (QED) is 0.506. The molecule has 166 valence electrons. The number of anilines is 2. The maximum Gasteiger partial charge on any atom is 0.278 e. The molecule has 0 atom stereocenters. The van der Waals surface area contributed by atoms with Gasteiger partial charge in [0.25, 0.3) is 11.8 Å². The summed E-state index contributed by atoms with van der Waals surface area (Å²) in [5, 5.41) is 3.18. The number of imide groups is 1. The monoisotopic (exact) mass is 433 g/mol. The minimum absolute atomic E-state index is 0.132. The van der Waals surface area contributed by atoms with Crippen LogP contribution in [0, 0.1) is 0 Å². The molecule has 2 heterocycles. The van der Waals surface area contributed by atoms with Gasteiger partial charge in [-0.05, 0) is 54.8 Å². The van der Waals surface area contributed by atoms with Crippen LogP contribution in [0.15, 0.2) is 60.8 Å². The van der Waals surface area contributed by atoms with E-state index in [2.05, 4.69) is 16.8 Å². The molecule has 32 heavy (non-hydrogen) atoms. The van der Waals surface area contributed by atoms with Crippen LogP contribution in [0.5, 0.6) is 11.5 Å². The number of methoxy groups -OCH3 is 2. The molecule has 2 aromatic rings. The molecule has 7 heteroatoms. The zero-order chi connectivity index (χ0) is 22.7. The van der Waals surface area contributed by atoms with E-state index in [9.17, 15) is 9.59 Å². The molecule has 7 nitrogen and oxygen atoms in total. The van der Waals surface area contributed by atoms with Crippen molar-refractivity contribution < 1.29 is 19.1 Å². The van der Waals surface area contributed by atoms with Crippen LogP contribution in [0.2, 0.25) is 0 Å². The number of hydrogen-bond donors (Lipinski definition) is 1. The average Bonchev–Trinajstić information content (AvgIpc) is 3.43. The van der Waals surface area contributed by atoms with Gasteiger partial charge in [-0.3, -0.25) is 14.5 Å². The second-order valence-electron chi connectivity index (χ2n) is 7.70. The van der Waals surface area contributed by atoms with Gasteiger partial charge in [-0.1, -0.05) is 12.1 Å². The van der Waals surface area contributed by atoms with E-state index in [1.165, 1.54) is 30.9 Å². The van der Waals surface area contributed by atoms with Crippen molar-refractivity contribution in [3.8, 4) is 11.5 Å². The van der Waals surface area contributed by atoms with E-state index in [0.29, 0.717) is 22.6 Å². The standard InChI is InChI=1S/C25H27N3O4/c1-4-13-28-24(29)22(17-7-12-20(31-2)21(16-17)32-3)23(25(28)30)26-18-8-10-19(11-9-18)27-14-5-6-15-27/h4,7-12,16,26H,1,5-6,13-15H2,2-3H3. The van der Waals surface area contributed by atoms with E-state index >= 15 is 0 Å². The molecule has 0 spiro atoms. The fourth-order valence-electron chi connectivity index (χ4n) is 4.12. The molecule has 0 saturated carbocycles. The third-order valence-corrected chi connectivity index (χ3v) is 5.76. The third kappa shape index (κ3) is 3.93. The number of nitrogens with one attached hydrogen (secondary N) is 1. The lowest BCUT2D eigenvalue weighted by atomic mass is 10.0. The van der Waals surface area contributed by atoms with Crippen LogP contribution in [-0.4, -0.2) is 50.6 Å². The molecule has 4 rings (SSSR count). The van der Waals surface area contributed by atoms with Crippen molar-refractivity contribution in [1.29, 1.82) is 0 Å². The summed E-state index contributed by atoms with van der Waals surface area (Å²) in [6, 6.07) is 13.1. The molecule has 0 unspecified atom stereocenters. The predicted octanol–water partition coefficient (Wildman–Crippen LogP) is 3.68. The third-order valence-electron chi connectivity index (χ3n) is 5.76. The van der Waals surface area contributed by atoms with Gasteiger partial charge in [0.2, 0.25) is 0 Å². The van der Waals surface area contributed by atoms with Gasteiger partial charge in [0.05, 0.1) is 19.8 Å². The van der Waals surface area contributed by atoms with Gasteiger partial charge in [0.15, 0.2) is 11.5 Å². The van der Waals surface area contributed by atoms with Crippen molar-refractivity contribution in [3.63, 3.8) is 0 Å². The summed E-state index contributed by atoms with van der Waals surface area (Å²) in [7, 11) is 3.08. The van der Waals surface area contributed by atoms with Crippen LogP contribution in [0.4, 0.5) is 11.4 Å². The average molecular weight is 434 g/mol. The lowest BCUT2D eigenvalue weighted by molar-refractivity contribution is -0.136. The zero-order valence-corrected chi connectivity index (χ0v) is 18.4. The molecule has 0 radical (unpaired) electrons. The van der Waals surface area contributed by atoms with E-state index < -0.39 is 0 Å². The van der Waals surface area contributed by atoms with Crippen LogP contribution in [0.3, 0.4) is 0 Å². The topological polar surface area (TPSA) is 71.1 Å². The van der Waals surface area contributed by atoms with Crippen LogP contribution in [-0.2, 0) is 9.59 Å². The Hall–Kier alpha value is -3.74. The maximum atomic E-state index is 13.2. The van der Waals surface area contributed by atoms with Gasteiger partial charge in [-0.15, -0.1) is 6.58 Å². The van der Waals surface area contributed by atoms with E-state index in [1.54, 1.807) is 25.3 Å². The van der Waals surface area contributed by atoms with E-state index in [0.717, 1.165) is 24.5 Å². The first-order valence-corrected chi connectivity index (χ1v) is 10.6. The maximum absolute atomic E-state index is 13.2. The van der Waals surface area contributed by atoms with E-state index in [-0.39, 0.29) is 24.1 Å². The van der Waals surface area contributed by atoms with Crippen molar-refractivity contribution in [2.24, 2.45) is 0 Å². The molecule has 2 aromatic carbocycles. The molecule has 2 amide bonds. The van der Waals surface area contributed by atoms with Crippen LogP contribution < -0.4 is 19.7 Å². The SMILES string of the molecule is C=CCN1C(=O)C(Nc2ccc(N3CCCC3)cc2)=C(c2ccc(OC)c(OC)c2)C1=O. The van der Waals surface area contributed by atoms with Gasteiger partial charge in [-0.2, -0.15) is 0 Å². The molecule has 0 aromatic heterocycles. The first-order chi connectivity index (χ1) is 15.6. The smallest absolute Gasteiger partial charge is 0.278 e. The number of carbonyl (C=O) groups excluding carboxylic acids is 2. The number of nitrogens with zero attached hydrogens (tertiary/aromatic N) is 2. The van der Waals surface area contributed by atoms with Crippen LogP contribution >= 0.6 is 0 Å². The Bertz CT molecular complexity index is 1070. The Morgan fingerprint density at radius 2 is 1.66 bits per heavy atom. The summed E-state index contributed by atoms with van der Waals surface area (Å²) in [4.78, 5) is 29.8. The normalized spacial score (nSPS) is 16.1. The molecule has 1 fully saturated rings. The number of rotatable bonds is 8. The molecule has 1 N–H and O–H groups in total. The Labute approximate surface area is 187 Å². The summed E-state index contributed by atoms with van der Waals surface area (Å²) in [6.45, 7) is 5.92. The van der Waals surface area contributed by atoms with Crippen molar-refractivity contribution in [1.82, 2.24) is 4.90 Å². The molecule has 0 aliphatic carbocycles. The van der Waals surface area contributed by atoms with E-state index in [1.807, 2.05) is 24.3 Å². The lowest BCUT2D eigenvalue weighted by Gasteiger charge is -2.18.